The van der Waals surface area contributed by atoms with Crippen LogP contribution in [0.5, 0.6) is 0 Å². The molecule has 3 nitrogen and oxygen atoms in total. The van der Waals surface area contributed by atoms with E-state index < -0.39 is 0 Å². The van der Waals surface area contributed by atoms with Crippen molar-refractivity contribution in [3.8, 4) is 0 Å². The third-order valence-electron chi connectivity index (χ3n) is 0.874. The molecule has 3 heteroatoms. The minimum atomic E-state index is 1.69. The van der Waals surface area contributed by atoms with Gasteiger partial charge in [-0.1, -0.05) is 0 Å². The number of aromatic nitrogens is 2. The van der Waals surface area contributed by atoms with Gasteiger partial charge in [0, 0.05) is 26.5 Å². The molecule has 0 saturated carbocycles. The molecule has 1 heterocycles. The number of hydrogen-bond donors (Lipinski definition) is 0. The summed E-state index contributed by atoms with van der Waals surface area (Å²) in [5.74, 6) is 0. The van der Waals surface area contributed by atoms with E-state index in [1.165, 1.54) is 0 Å². The van der Waals surface area contributed by atoms with Crippen LogP contribution in [0.1, 0.15) is 0 Å². The first-order valence-electron chi connectivity index (χ1n) is 2.39. The SMILES string of the molecule is CN(C)n1[c]ncc1. The third kappa shape index (κ3) is 0.804. The molecule has 0 spiro atoms. The number of rotatable bonds is 1. The Bertz CT molecular complexity index is 143. The van der Waals surface area contributed by atoms with E-state index in [1.807, 2.05) is 25.3 Å². The van der Waals surface area contributed by atoms with Crippen molar-refractivity contribution in [1.82, 2.24) is 9.66 Å². The van der Waals surface area contributed by atoms with Gasteiger partial charge in [0.25, 0.3) is 0 Å². The van der Waals surface area contributed by atoms with Crippen LogP contribution >= 0.6 is 0 Å². The second-order valence-electron chi connectivity index (χ2n) is 1.72. The summed E-state index contributed by atoms with van der Waals surface area (Å²) in [4.78, 5) is 3.74. The minimum absolute atomic E-state index is 1.69. The zero-order valence-electron chi connectivity index (χ0n) is 5.00. The molecule has 0 aliphatic heterocycles. The molecule has 8 heavy (non-hydrogen) atoms. The highest BCUT2D eigenvalue weighted by Crippen LogP contribution is 1.80. The topological polar surface area (TPSA) is 21.1 Å². The molecule has 0 aliphatic rings. The van der Waals surface area contributed by atoms with Crippen molar-refractivity contribution in [2.24, 2.45) is 0 Å². The lowest BCUT2D eigenvalue weighted by molar-refractivity contribution is 0.724. The van der Waals surface area contributed by atoms with Gasteiger partial charge in [0.1, 0.15) is 0 Å². The quantitative estimate of drug-likeness (QED) is 0.502. The Hall–Kier alpha value is -0.990. The van der Waals surface area contributed by atoms with Crippen molar-refractivity contribution < 1.29 is 0 Å². The van der Waals surface area contributed by atoms with Gasteiger partial charge in [0.05, 0.1) is 0 Å². The molecule has 1 rings (SSSR count). The van der Waals surface area contributed by atoms with Crippen molar-refractivity contribution in [1.29, 1.82) is 0 Å². The van der Waals surface area contributed by atoms with Gasteiger partial charge in [-0.3, -0.25) is 0 Å². The molecule has 1 aromatic heterocycles. The average molecular weight is 110 g/mol. The monoisotopic (exact) mass is 110 g/mol. The van der Waals surface area contributed by atoms with Crippen LogP contribution in [0.15, 0.2) is 12.4 Å². The summed E-state index contributed by atoms with van der Waals surface area (Å²) in [6, 6.07) is 0. The Kier molecular flexibility index (Phi) is 1.20. The molecule has 0 atom stereocenters. The molecule has 0 saturated heterocycles. The highest BCUT2D eigenvalue weighted by molar-refractivity contribution is 4.79. The molecule has 1 aromatic rings. The van der Waals surface area contributed by atoms with Crippen molar-refractivity contribution in [3.05, 3.63) is 18.7 Å². The Morgan fingerprint density at radius 1 is 1.62 bits per heavy atom. The average Bonchev–Trinajstić information content (AvgIpc) is 2.12. The molecule has 1 radical (unpaired) electrons. The number of hydrogen-bond acceptors (Lipinski definition) is 2. The summed E-state index contributed by atoms with van der Waals surface area (Å²) in [7, 11) is 3.86. The Morgan fingerprint density at radius 2 is 2.38 bits per heavy atom. The zero-order valence-corrected chi connectivity index (χ0v) is 5.00. The molecular weight excluding hydrogens is 102 g/mol. The molecule has 43 valence electrons. The summed E-state index contributed by atoms with van der Waals surface area (Å²) in [6.45, 7) is 0. The van der Waals surface area contributed by atoms with E-state index in [0.29, 0.717) is 0 Å². The molecule has 0 fully saturated rings. The Labute approximate surface area is 48.5 Å². The van der Waals surface area contributed by atoms with Crippen LogP contribution < -0.4 is 5.01 Å². The smallest absolute Gasteiger partial charge is 0.197 e. The van der Waals surface area contributed by atoms with Crippen molar-refractivity contribution in [2.75, 3.05) is 19.1 Å². The van der Waals surface area contributed by atoms with Gasteiger partial charge in [0.15, 0.2) is 6.33 Å². The second-order valence-corrected chi connectivity index (χ2v) is 1.72. The van der Waals surface area contributed by atoms with E-state index in [2.05, 4.69) is 11.3 Å². The zero-order chi connectivity index (χ0) is 5.98. The standard InChI is InChI=1S/C5H8N3/c1-7(2)8-4-3-6-5-8/h3-4H,1-2H3. The lowest BCUT2D eigenvalue weighted by Crippen LogP contribution is -2.22. The highest BCUT2D eigenvalue weighted by atomic mass is 15.5. The maximum atomic E-state index is 3.74. The third-order valence-corrected chi connectivity index (χ3v) is 0.874. The van der Waals surface area contributed by atoms with Crippen LogP contribution in [0.2, 0.25) is 0 Å². The number of imidazole rings is 1. The minimum Gasteiger partial charge on any atom is -0.317 e. The maximum Gasteiger partial charge on any atom is 0.197 e. The maximum absolute atomic E-state index is 3.74. The van der Waals surface area contributed by atoms with Crippen LogP contribution in [-0.2, 0) is 0 Å². The van der Waals surface area contributed by atoms with E-state index in [9.17, 15) is 0 Å². The predicted molar refractivity (Wildman–Crippen MR) is 31.1 cm³/mol. The number of nitrogens with zero attached hydrogens (tertiary/aromatic N) is 3. The van der Waals surface area contributed by atoms with Gasteiger partial charge in [-0.2, -0.15) is 0 Å². The van der Waals surface area contributed by atoms with E-state index in [0.717, 1.165) is 0 Å². The van der Waals surface area contributed by atoms with Crippen LogP contribution in [0.3, 0.4) is 0 Å². The molecule has 0 aliphatic carbocycles. The largest absolute Gasteiger partial charge is 0.317 e. The summed E-state index contributed by atoms with van der Waals surface area (Å²) in [6.07, 6.45) is 6.26. The molecule has 0 N–H and O–H groups in total. The Balaban J connectivity index is 2.77. The van der Waals surface area contributed by atoms with Gasteiger partial charge < -0.3 is 5.01 Å². The van der Waals surface area contributed by atoms with Crippen molar-refractivity contribution >= 4 is 0 Å². The van der Waals surface area contributed by atoms with E-state index >= 15 is 0 Å². The fourth-order valence-corrected chi connectivity index (χ4v) is 0.445. The van der Waals surface area contributed by atoms with Gasteiger partial charge in [-0.15, -0.1) is 0 Å². The van der Waals surface area contributed by atoms with Crippen LogP contribution in [-0.4, -0.2) is 23.8 Å². The predicted octanol–water partition coefficient (Wildman–Crippen LogP) is -0.119. The van der Waals surface area contributed by atoms with Crippen LogP contribution in [0.25, 0.3) is 0 Å². The molecule has 0 bridgehead atoms. The van der Waals surface area contributed by atoms with Crippen LogP contribution in [0, 0.1) is 6.33 Å². The highest BCUT2D eigenvalue weighted by Gasteiger charge is 1.86. The van der Waals surface area contributed by atoms with Gasteiger partial charge >= 0.3 is 0 Å². The summed E-state index contributed by atoms with van der Waals surface area (Å²) in [5.41, 5.74) is 0. The van der Waals surface area contributed by atoms with Crippen molar-refractivity contribution in [2.45, 2.75) is 0 Å². The molecule has 0 amide bonds. The van der Waals surface area contributed by atoms with E-state index in [-0.39, 0.29) is 0 Å². The molecule has 0 unspecified atom stereocenters. The normalized spacial score (nSPS) is 9.25. The van der Waals surface area contributed by atoms with E-state index in [4.69, 9.17) is 0 Å². The Morgan fingerprint density at radius 3 is 2.62 bits per heavy atom. The van der Waals surface area contributed by atoms with Crippen LogP contribution in [0.4, 0.5) is 0 Å². The summed E-state index contributed by atoms with van der Waals surface area (Å²) in [5, 5.41) is 1.88. The summed E-state index contributed by atoms with van der Waals surface area (Å²) < 4.78 is 1.76. The summed E-state index contributed by atoms with van der Waals surface area (Å²) >= 11 is 0. The molecule has 0 aromatic carbocycles. The fraction of sp³-hybridized carbons (Fsp3) is 0.400. The first kappa shape index (κ1) is 5.15. The van der Waals surface area contributed by atoms with Crippen molar-refractivity contribution in [3.63, 3.8) is 0 Å². The van der Waals surface area contributed by atoms with Gasteiger partial charge in [0.2, 0.25) is 0 Å². The fourth-order valence-electron chi connectivity index (χ4n) is 0.445. The van der Waals surface area contributed by atoms with Gasteiger partial charge in [-0.05, 0) is 0 Å². The molecular formula is C5H8N3. The van der Waals surface area contributed by atoms with E-state index in [1.54, 1.807) is 10.9 Å². The second kappa shape index (κ2) is 1.86. The lowest BCUT2D eigenvalue weighted by Gasteiger charge is -2.10. The lowest BCUT2D eigenvalue weighted by atomic mass is 10.9. The first-order chi connectivity index (χ1) is 3.80. The first-order valence-corrected chi connectivity index (χ1v) is 2.39. The van der Waals surface area contributed by atoms with Gasteiger partial charge in [-0.25, -0.2) is 9.66 Å².